The van der Waals surface area contributed by atoms with E-state index in [1.807, 2.05) is 0 Å². The quantitative estimate of drug-likeness (QED) is 0.259. The molecule has 2 N–H and O–H groups in total. The third-order valence-corrected chi connectivity index (χ3v) is 6.65. The van der Waals surface area contributed by atoms with Crippen LogP contribution in [0.5, 0.6) is 11.5 Å². The molecule has 33 heavy (non-hydrogen) atoms. The van der Waals surface area contributed by atoms with Crippen LogP contribution >= 0.6 is 11.6 Å². The van der Waals surface area contributed by atoms with Crippen molar-refractivity contribution in [3.05, 3.63) is 47.2 Å². The molecular weight excluding hydrogens is 479 g/mol. The van der Waals surface area contributed by atoms with Crippen LogP contribution in [0.2, 0.25) is 30.7 Å². The number of aromatic nitrogens is 2. The fourth-order valence-electron chi connectivity index (χ4n) is 3.03. The summed E-state index contributed by atoms with van der Waals surface area (Å²) in [6.07, 6.45) is -3.63. The number of rotatable bonds is 8. The Balaban J connectivity index is 1.95. The Hall–Kier alpha value is -2.76. The predicted octanol–water partition coefficient (Wildman–Crippen LogP) is 6.90. The number of amides is 1. The second-order valence-corrected chi connectivity index (χ2v) is 14.6. The van der Waals surface area contributed by atoms with Crippen LogP contribution in [0.3, 0.4) is 0 Å². The molecule has 178 valence electrons. The van der Waals surface area contributed by atoms with Gasteiger partial charge in [-0.05, 0) is 30.3 Å². The van der Waals surface area contributed by atoms with Gasteiger partial charge in [-0.3, -0.25) is 5.32 Å². The van der Waals surface area contributed by atoms with Crippen molar-refractivity contribution in [3.63, 3.8) is 0 Å². The first-order valence-electron chi connectivity index (χ1n) is 9.95. The van der Waals surface area contributed by atoms with E-state index in [0.717, 1.165) is 12.2 Å². The van der Waals surface area contributed by atoms with E-state index in [0.29, 0.717) is 6.61 Å². The smallest absolute Gasteiger partial charge is 0.418 e. The fourth-order valence-corrected chi connectivity index (χ4v) is 4.00. The number of alkyl halides is 3. The molecule has 1 aromatic carbocycles. The normalized spacial score (nSPS) is 12.2. The van der Waals surface area contributed by atoms with Crippen LogP contribution in [0.1, 0.15) is 5.56 Å². The first kappa shape index (κ1) is 24.9. The molecule has 0 aliphatic heterocycles. The monoisotopic (exact) mass is 501 g/mol. The lowest BCUT2D eigenvalue weighted by atomic mass is 10.2. The largest absolute Gasteiger partial charge is 0.465 e. The molecule has 0 saturated heterocycles. The molecule has 0 spiro atoms. The summed E-state index contributed by atoms with van der Waals surface area (Å²) in [5, 5.41) is 10.7. The number of anilines is 1. The number of nitrogens with zero attached hydrogens (tertiary/aromatic N) is 2. The Labute approximate surface area is 194 Å². The van der Waals surface area contributed by atoms with Crippen LogP contribution in [0.15, 0.2) is 36.7 Å². The molecule has 0 atom stereocenters. The van der Waals surface area contributed by atoms with Crippen molar-refractivity contribution >= 4 is 42.5 Å². The number of nitrogens with one attached hydrogen (secondary N) is 1. The van der Waals surface area contributed by atoms with Crippen LogP contribution in [0.4, 0.5) is 23.7 Å². The second kappa shape index (κ2) is 9.62. The molecule has 3 rings (SSSR count). The van der Waals surface area contributed by atoms with E-state index < -0.39 is 25.9 Å². The lowest BCUT2D eigenvalue weighted by molar-refractivity contribution is -0.136. The van der Waals surface area contributed by atoms with E-state index in [2.05, 4.69) is 29.9 Å². The maximum atomic E-state index is 13.8. The van der Waals surface area contributed by atoms with E-state index in [4.69, 9.17) is 26.2 Å². The summed E-state index contributed by atoms with van der Waals surface area (Å²) in [5.74, 6) is -0.0265. The van der Waals surface area contributed by atoms with Crippen molar-refractivity contribution in [2.45, 2.75) is 38.6 Å². The molecule has 0 fully saturated rings. The minimum Gasteiger partial charge on any atom is -0.465 e. The van der Waals surface area contributed by atoms with Crippen LogP contribution < -0.4 is 10.1 Å². The van der Waals surface area contributed by atoms with Crippen molar-refractivity contribution in [2.75, 3.05) is 11.9 Å². The first-order valence-corrected chi connectivity index (χ1v) is 14.0. The van der Waals surface area contributed by atoms with Crippen molar-refractivity contribution in [1.29, 1.82) is 0 Å². The van der Waals surface area contributed by atoms with E-state index >= 15 is 0 Å². The minimum absolute atomic E-state index is 0.0221. The van der Waals surface area contributed by atoms with Crippen LogP contribution in [0, 0.1) is 0 Å². The van der Waals surface area contributed by atoms with Gasteiger partial charge >= 0.3 is 12.3 Å². The molecule has 2 heterocycles. The number of hydrogen-bond acceptors (Lipinski definition) is 4. The lowest BCUT2D eigenvalue weighted by Crippen LogP contribution is -2.22. The highest BCUT2D eigenvalue weighted by Gasteiger charge is 2.36. The Morgan fingerprint density at radius 1 is 1.24 bits per heavy atom. The summed E-state index contributed by atoms with van der Waals surface area (Å²) in [6, 6.07) is 6.24. The zero-order chi connectivity index (χ0) is 24.4. The van der Waals surface area contributed by atoms with E-state index in [1.165, 1.54) is 35.0 Å². The van der Waals surface area contributed by atoms with Gasteiger partial charge < -0.3 is 19.1 Å². The predicted molar refractivity (Wildman–Crippen MR) is 122 cm³/mol. The van der Waals surface area contributed by atoms with Crippen molar-refractivity contribution in [3.8, 4) is 11.5 Å². The van der Waals surface area contributed by atoms with Gasteiger partial charge in [-0.25, -0.2) is 9.78 Å². The zero-order valence-electron chi connectivity index (χ0n) is 18.2. The third-order valence-electron chi connectivity index (χ3n) is 4.65. The van der Waals surface area contributed by atoms with Gasteiger partial charge in [0.25, 0.3) is 0 Å². The molecule has 2 aromatic heterocycles. The summed E-state index contributed by atoms with van der Waals surface area (Å²) in [6.45, 7) is 6.92. The van der Waals surface area contributed by atoms with Crippen LogP contribution in [-0.2, 0) is 17.6 Å². The number of hydrogen-bond donors (Lipinski definition) is 2. The highest BCUT2D eigenvalue weighted by Crippen LogP contribution is 2.42. The molecule has 0 radical (unpaired) electrons. The van der Waals surface area contributed by atoms with Gasteiger partial charge in [0.05, 0.1) is 16.0 Å². The number of ether oxygens (including phenoxy) is 2. The zero-order valence-corrected chi connectivity index (χ0v) is 19.9. The Kier molecular flexibility index (Phi) is 7.25. The number of benzene rings is 1. The average Bonchev–Trinajstić information content (AvgIpc) is 3.06. The first-order chi connectivity index (χ1) is 15.3. The number of carbonyl (C=O) groups is 1. The lowest BCUT2D eigenvalue weighted by Gasteiger charge is -2.15. The Morgan fingerprint density at radius 3 is 2.58 bits per heavy atom. The maximum Gasteiger partial charge on any atom is 0.418 e. The van der Waals surface area contributed by atoms with Crippen LogP contribution in [-0.4, -0.2) is 35.4 Å². The molecule has 0 saturated carbocycles. The van der Waals surface area contributed by atoms with Gasteiger partial charge in [-0.15, -0.1) is 0 Å². The molecule has 0 aliphatic carbocycles. The molecule has 1 amide bonds. The van der Waals surface area contributed by atoms with Gasteiger partial charge in [-0.1, -0.05) is 31.2 Å². The topological polar surface area (TPSA) is 85.6 Å². The van der Waals surface area contributed by atoms with Gasteiger partial charge in [-0.2, -0.15) is 13.2 Å². The SMILES string of the molecule is C[Si](C)(C)CCOCn1cc(C(F)(F)F)c2c(Oc3ccc(NC(=O)O)cc3Cl)ccnc21. The van der Waals surface area contributed by atoms with E-state index in [9.17, 15) is 18.0 Å². The van der Waals surface area contributed by atoms with Crippen molar-refractivity contribution in [1.82, 2.24) is 9.55 Å². The summed E-state index contributed by atoms with van der Waals surface area (Å²) in [7, 11) is -1.34. The highest BCUT2D eigenvalue weighted by molar-refractivity contribution is 6.76. The molecule has 3 aromatic rings. The van der Waals surface area contributed by atoms with Gasteiger partial charge in [0.2, 0.25) is 0 Å². The number of carboxylic acid groups (broad SMARTS) is 1. The minimum atomic E-state index is -4.65. The molecule has 0 bridgehead atoms. The number of halogens is 4. The fraction of sp³-hybridized carbons (Fsp3) is 0.333. The third kappa shape index (κ3) is 6.40. The molecule has 12 heteroatoms. The summed E-state index contributed by atoms with van der Waals surface area (Å²) in [4.78, 5) is 14.9. The number of pyridine rings is 1. The van der Waals surface area contributed by atoms with E-state index in [1.54, 1.807) is 0 Å². The second-order valence-electron chi connectivity index (χ2n) is 8.54. The van der Waals surface area contributed by atoms with Crippen molar-refractivity contribution in [2.24, 2.45) is 0 Å². The number of fused-ring (bicyclic) bond motifs is 1. The van der Waals surface area contributed by atoms with Gasteiger partial charge in [0.15, 0.2) is 0 Å². The molecule has 0 aliphatic rings. The maximum absolute atomic E-state index is 13.8. The Bertz CT molecular complexity index is 1160. The summed E-state index contributed by atoms with van der Waals surface area (Å²) < 4.78 is 54.1. The Morgan fingerprint density at radius 2 is 1.97 bits per heavy atom. The standard InChI is InChI=1S/C21H23ClF3N3O4Si/c1-33(2,3)9-8-31-12-28-11-14(21(23,24)25)18-17(6-7-26-19(18)28)32-16-5-4-13(10-15(16)22)27-20(29)30/h4-7,10-11,27H,8-9,12H2,1-3H3,(H,29,30). The summed E-state index contributed by atoms with van der Waals surface area (Å²) in [5.41, 5.74) is -0.653. The van der Waals surface area contributed by atoms with E-state index in [-0.39, 0.29) is 40.0 Å². The average molecular weight is 502 g/mol. The highest BCUT2D eigenvalue weighted by atomic mass is 35.5. The molecular formula is C21H23ClF3N3O4Si. The molecule has 7 nitrogen and oxygen atoms in total. The van der Waals surface area contributed by atoms with Gasteiger partial charge in [0.1, 0.15) is 23.9 Å². The molecule has 0 unspecified atom stereocenters. The van der Waals surface area contributed by atoms with Gasteiger partial charge in [0, 0.05) is 32.8 Å². The summed E-state index contributed by atoms with van der Waals surface area (Å²) >= 11 is 6.15. The van der Waals surface area contributed by atoms with Crippen molar-refractivity contribution < 1.29 is 32.5 Å². The van der Waals surface area contributed by atoms with Crippen LogP contribution in [0.25, 0.3) is 11.0 Å².